The number of nitrogens with zero attached hydrogens (tertiary/aromatic N) is 2. The number of rotatable bonds is 3. The number of benzene rings is 1. The average molecular weight is 271 g/mol. The topological polar surface area (TPSA) is 64.9 Å². The van der Waals surface area contributed by atoms with E-state index in [1.807, 2.05) is 36.6 Å². The summed E-state index contributed by atoms with van der Waals surface area (Å²) in [5, 5.41) is 6.06. The molecular weight excluding hydrogens is 258 g/mol. The second-order valence-electron chi connectivity index (χ2n) is 4.35. The van der Waals surface area contributed by atoms with E-state index < -0.39 is 0 Å². The Morgan fingerprint density at radius 3 is 3.00 bits per heavy atom. The molecule has 4 nitrogen and oxygen atoms in total. The Hall–Kier alpha value is -2.14. The largest absolute Gasteiger partial charge is 0.399 e. The summed E-state index contributed by atoms with van der Waals surface area (Å²) in [6, 6.07) is 9.75. The zero-order valence-corrected chi connectivity index (χ0v) is 11.3. The van der Waals surface area contributed by atoms with E-state index in [0.717, 1.165) is 11.1 Å². The molecule has 0 radical (unpaired) electrons. The Kier molecular flexibility index (Phi) is 3.05. The molecule has 0 saturated heterocycles. The summed E-state index contributed by atoms with van der Waals surface area (Å²) in [5.74, 6) is 1.22. The molecule has 1 aromatic carbocycles. The van der Waals surface area contributed by atoms with E-state index in [0.29, 0.717) is 23.8 Å². The van der Waals surface area contributed by atoms with Crippen molar-refractivity contribution in [2.24, 2.45) is 0 Å². The van der Waals surface area contributed by atoms with Crippen LogP contribution in [0.25, 0.3) is 11.5 Å². The van der Waals surface area contributed by atoms with E-state index in [1.54, 1.807) is 11.3 Å². The zero-order chi connectivity index (χ0) is 13.2. The van der Waals surface area contributed by atoms with Crippen molar-refractivity contribution in [3.05, 3.63) is 52.0 Å². The van der Waals surface area contributed by atoms with Crippen LogP contribution in [-0.2, 0) is 6.42 Å². The first-order chi connectivity index (χ1) is 9.22. The third kappa shape index (κ3) is 2.51. The fraction of sp³-hybridized carbons (Fsp3) is 0.143. The Bertz CT molecular complexity index is 689. The molecule has 2 N–H and O–H groups in total. The van der Waals surface area contributed by atoms with Crippen molar-refractivity contribution in [2.75, 3.05) is 5.73 Å². The van der Waals surface area contributed by atoms with Crippen molar-refractivity contribution in [1.29, 1.82) is 0 Å². The molecule has 96 valence electrons. The molecule has 0 spiro atoms. The molecule has 5 heteroatoms. The SMILES string of the molecule is Cc1ccc(N)cc1-c1nc(Cc2cccs2)no1. The van der Waals surface area contributed by atoms with Gasteiger partial charge in [-0.25, -0.2) is 0 Å². The van der Waals surface area contributed by atoms with Gasteiger partial charge in [-0.15, -0.1) is 11.3 Å². The first kappa shape index (κ1) is 11.9. The summed E-state index contributed by atoms with van der Waals surface area (Å²) >= 11 is 1.69. The fourth-order valence-electron chi connectivity index (χ4n) is 1.87. The smallest absolute Gasteiger partial charge is 0.258 e. The number of anilines is 1. The molecule has 0 aliphatic rings. The Morgan fingerprint density at radius 2 is 2.21 bits per heavy atom. The van der Waals surface area contributed by atoms with E-state index in [9.17, 15) is 0 Å². The van der Waals surface area contributed by atoms with E-state index >= 15 is 0 Å². The maximum Gasteiger partial charge on any atom is 0.258 e. The molecule has 0 unspecified atom stereocenters. The van der Waals surface area contributed by atoms with Gasteiger partial charge in [-0.3, -0.25) is 0 Å². The van der Waals surface area contributed by atoms with Gasteiger partial charge in [0.25, 0.3) is 5.89 Å². The van der Waals surface area contributed by atoms with Crippen molar-refractivity contribution < 1.29 is 4.52 Å². The van der Waals surface area contributed by atoms with Gasteiger partial charge < -0.3 is 10.3 Å². The van der Waals surface area contributed by atoms with Gasteiger partial charge in [0.2, 0.25) is 0 Å². The highest BCUT2D eigenvalue weighted by atomic mass is 32.1. The molecule has 3 aromatic rings. The summed E-state index contributed by atoms with van der Waals surface area (Å²) in [7, 11) is 0. The number of hydrogen-bond acceptors (Lipinski definition) is 5. The highest BCUT2D eigenvalue weighted by Gasteiger charge is 2.12. The molecule has 3 rings (SSSR count). The lowest BCUT2D eigenvalue weighted by molar-refractivity contribution is 0.424. The van der Waals surface area contributed by atoms with Gasteiger partial charge in [-0.1, -0.05) is 17.3 Å². The van der Waals surface area contributed by atoms with Crippen molar-refractivity contribution in [1.82, 2.24) is 10.1 Å². The molecule has 0 aliphatic carbocycles. The molecular formula is C14H13N3OS. The fourth-order valence-corrected chi connectivity index (χ4v) is 2.58. The maximum atomic E-state index is 5.79. The van der Waals surface area contributed by atoms with Crippen LogP contribution in [0.4, 0.5) is 5.69 Å². The van der Waals surface area contributed by atoms with Crippen molar-refractivity contribution in [3.63, 3.8) is 0 Å². The molecule has 0 fully saturated rings. The molecule has 19 heavy (non-hydrogen) atoms. The van der Waals surface area contributed by atoms with E-state index in [-0.39, 0.29) is 0 Å². The lowest BCUT2D eigenvalue weighted by Crippen LogP contribution is -1.90. The highest BCUT2D eigenvalue weighted by Crippen LogP contribution is 2.24. The van der Waals surface area contributed by atoms with Gasteiger partial charge >= 0.3 is 0 Å². The molecule has 2 aromatic heterocycles. The van der Waals surface area contributed by atoms with Crippen molar-refractivity contribution in [2.45, 2.75) is 13.3 Å². The molecule has 0 saturated carbocycles. The van der Waals surface area contributed by atoms with Gasteiger partial charge in [-0.2, -0.15) is 4.98 Å². The normalized spacial score (nSPS) is 10.8. The quantitative estimate of drug-likeness (QED) is 0.742. The van der Waals surface area contributed by atoms with E-state index in [1.165, 1.54) is 4.88 Å². The summed E-state index contributed by atoms with van der Waals surface area (Å²) in [6.45, 7) is 2.00. The van der Waals surface area contributed by atoms with Gasteiger partial charge in [-0.05, 0) is 36.1 Å². The van der Waals surface area contributed by atoms with Crippen LogP contribution in [0.1, 0.15) is 16.3 Å². The summed E-state index contributed by atoms with van der Waals surface area (Å²) in [4.78, 5) is 5.65. The summed E-state index contributed by atoms with van der Waals surface area (Å²) < 4.78 is 5.32. The van der Waals surface area contributed by atoms with Crippen LogP contribution in [-0.4, -0.2) is 10.1 Å². The van der Waals surface area contributed by atoms with Gasteiger partial charge in [0, 0.05) is 22.5 Å². The van der Waals surface area contributed by atoms with Crippen molar-refractivity contribution >= 4 is 17.0 Å². The standard InChI is InChI=1S/C14H13N3OS/c1-9-4-5-10(15)7-12(9)14-16-13(17-18-14)8-11-3-2-6-19-11/h2-7H,8,15H2,1H3. The number of nitrogens with two attached hydrogens (primary N) is 1. The number of nitrogen functional groups attached to an aromatic ring is 1. The lowest BCUT2D eigenvalue weighted by atomic mass is 10.1. The number of aromatic nitrogens is 2. The minimum Gasteiger partial charge on any atom is -0.399 e. The summed E-state index contributed by atoms with van der Waals surface area (Å²) in [5.41, 5.74) is 8.45. The van der Waals surface area contributed by atoms with E-state index in [2.05, 4.69) is 16.2 Å². The van der Waals surface area contributed by atoms with Crippen LogP contribution in [0.2, 0.25) is 0 Å². The van der Waals surface area contributed by atoms with Crippen molar-refractivity contribution in [3.8, 4) is 11.5 Å². The predicted molar refractivity (Wildman–Crippen MR) is 76.0 cm³/mol. The van der Waals surface area contributed by atoms with Gasteiger partial charge in [0.15, 0.2) is 5.82 Å². The van der Waals surface area contributed by atoms with Crippen LogP contribution in [0.5, 0.6) is 0 Å². The second-order valence-corrected chi connectivity index (χ2v) is 5.38. The van der Waals surface area contributed by atoms with E-state index in [4.69, 9.17) is 10.3 Å². The lowest BCUT2D eigenvalue weighted by Gasteiger charge is -2.01. The Labute approximate surface area is 114 Å². The van der Waals surface area contributed by atoms with Crippen LogP contribution in [0.15, 0.2) is 40.2 Å². The highest BCUT2D eigenvalue weighted by molar-refractivity contribution is 7.09. The van der Waals surface area contributed by atoms with Crippen LogP contribution < -0.4 is 5.73 Å². The number of thiophene rings is 1. The van der Waals surface area contributed by atoms with Crippen LogP contribution in [0.3, 0.4) is 0 Å². The average Bonchev–Trinajstić information content (AvgIpc) is 3.04. The Balaban J connectivity index is 1.90. The molecule has 0 aliphatic heterocycles. The maximum absolute atomic E-state index is 5.79. The minimum absolute atomic E-state index is 0.524. The van der Waals surface area contributed by atoms with Gasteiger partial charge in [0.1, 0.15) is 0 Å². The zero-order valence-electron chi connectivity index (χ0n) is 10.5. The molecule has 0 atom stereocenters. The Morgan fingerprint density at radius 1 is 1.32 bits per heavy atom. The summed E-state index contributed by atoms with van der Waals surface area (Å²) in [6.07, 6.45) is 0.697. The second kappa shape index (κ2) is 4.85. The number of hydrogen-bond donors (Lipinski definition) is 1. The van der Waals surface area contributed by atoms with Crippen LogP contribution in [0, 0.1) is 6.92 Å². The molecule has 0 bridgehead atoms. The third-order valence-corrected chi connectivity index (χ3v) is 3.75. The monoisotopic (exact) mass is 271 g/mol. The molecule has 0 amide bonds. The first-order valence-corrected chi connectivity index (χ1v) is 6.82. The number of aryl methyl sites for hydroxylation is 1. The predicted octanol–water partition coefficient (Wildman–Crippen LogP) is 3.28. The third-order valence-electron chi connectivity index (χ3n) is 2.87. The minimum atomic E-state index is 0.524. The first-order valence-electron chi connectivity index (χ1n) is 5.94. The van der Waals surface area contributed by atoms with Gasteiger partial charge in [0.05, 0.1) is 0 Å². The molecule has 2 heterocycles. The van der Waals surface area contributed by atoms with Crippen LogP contribution >= 0.6 is 11.3 Å².